The molecule has 0 bridgehead atoms. The van der Waals surface area contributed by atoms with Gasteiger partial charge in [-0.3, -0.25) is 0 Å². The Morgan fingerprint density at radius 1 is 0.515 bits per heavy atom. The van der Waals surface area contributed by atoms with Crippen LogP contribution in [0.2, 0.25) is 0 Å². The van der Waals surface area contributed by atoms with Gasteiger partial charge in [-0.2, -0.15) is 0 Å². The van der Waals surface area contributed by atoms with Crippen LogP contribution in [0.1, 0.15) is 0 Å². The van der Waals surface area contributed by atoms with Gasteiger partial charge in [0.15, 0.2) is 0 Å². The highest BCUT2D eigenvalue weighted by Gasteiger charge is 2.18. The molecule has 0 aliphatic heterocycles. The van der Waals surface area contributed by atoms with Crippen molar-refractivity contribution < 1.29 is 0 Å². The van der Waals surface area contributed by atoms with Gasteiger partial charge in [0.25, 0.3) is 0 Å². The Balaban J connectivity index is 1.52. The van der Waals surface area contributed by atoms with Crippen molar-refractivity contribution in [2.75, 3.05) is 10.2 Å². The molecule has 3 heteroatoms. The van der Waals surface area contributed by atoms with Gasteiger partial charge in [-0.05, 0) is 60.7 Å². The lowest BCUT2D eigenvalue weighted by Crippen LogP contribution is -2.09. The van der Waals surface area contributed by atoms with Crippen LogP contribution in [-0.2, 0) is 0 Å². The molecule has 0 fully saturated rings. The van der Waals surface area contributed by atoms with E-state index < -0.39 is 0 Å². The standard InChI is InChI=1S/C30H22N2S/c1-4-11-22(12-5-1)31-23-19-20-26-29(21-23)33-28-18-10-17-27(30(26)28)32(24-13-6-2-7-14-24)25-15-8-3-9-16-25/h1-21,31H. The third-order valence-electron chi connectivity index (χ3n) is 5.81. The van der Waals surface area contributed by atoms with Crippen molar-refractivity contribution in [2.45, 2.75) is 0 Å². The summed E-state index contributed by atoms with van der Waals surface area (Å²) >= 11 is 1.84. The topological polar surface area (TPSA) is 15.3 Å². The monoisotopic (exact) mass is 442 g/mol. The van der Waals surface area contributed by atoms with Crippen molar-refractivity contribution >= 4 is 59.9 Å². The van der Waals surface area contributed by atoms with Gasteiger partial charge >= 0.3 is 0 Å². The predicted molar refractivity (Wildman–Crippen MR) is 144 cm³/mol. The molecule has 5 aromatic carbocycles. The van der Waals surface area contributed by atoms with E-state index in [1.165, 1.54) is 25.9 Å². The first-order chi connectivity index (χ1) is 16.4. The molecule has 33 heavy (non-hydrogen) atoms. The minimum Gasteiger partial charge on any atom is -0.355 e. The molecular formula is C30H22N2S. The molecule has 2 nitrogen and oxygen atoms in total. The van der Waals surface area contributed by atoms with E-state index in [1.807, 2.05) is 29.5 Å². The van der Waals surface area contributed by atoms with Crippen molar-refractivity contribution in [3.05, 3.63) is 127 Å². The van der Waals surface area contributed by atoms with Gasteiger partial charge in [0, 0.05) is 42.9 Å². The Hall–Kier alpha value is -4.08. The molecular weight excluding hydrogens is 420 g/mol. The first kappa shape index (κ1) is 19.6. The number of thiophene rings is 1. The first-order valence-electron chi connectivity index (χ1n) is 11.0. The number of anilines is 5. The van der Waals surface area contributed by atoms with Crippen molar-refractivity contribution in [1.82, 2.24) is 0 Å². The summed E-state index contributed by atoms with van der Waals surface area (Å²) < 4.78 is 2.57. The lowest BCUT2D eigenvalue weighted by Gasteiger charge is -2.26. The van der Waals surface area contributed by atoms with Crippen LogP contribution in [0, 0.1) is 0 Å². The molecule has 0 spiro atoms. The summed E-state index contributed by atoms with van der Waals surface area (Å²) in [6.45, 7) is 0. The molecule has 6 rings (SSSR count). The number of hydrogen-bond acceptors (Lipinski definition) is 3. The second-order valence-electron chi connectivity index (χ2n) is 7.96. The van der Waals surface area contributed by atoms with Crippen LogP contribution >= 0.6 is 11.3 Å². The highest BCUT2D eigenvalue weighted by molar-refractivity contribution is 7.26. The first-order valence-corrected chi connectivity index (χ1v) is 11.9. The summed E-state index contributed by atoms with van der Waals surface area (Å²) in [5, 5.41) is 6.09. The molecule has 0 unspecified atom stereocenters. The predicted octanol–water partition coefficient (Wildman–Crippen LogP) is 9.27. The fourth-order valence-corrected chi connectivity index (χ4v) is 5.51. The number of hydrogen-bond donors (Lipinski definition) is 1. The van der Waals surface area contributed by atoms with Crippen molar-refractivity contribution in [3.63, 3.8) is 0 Å². The molecule has 1 N–H and O–H groups in total. The zero-order valence-corrected chi connectivity index (χ0v) is 18.8. The van der Waals surface area contributed by atoms with Crippen LogP contribution in [0.3, 0.4) is 0 Å². The van der Waals surface area contributed by atoms with E-state index in [0.717, 1.165) is 22.7 Å². The molecule has 0 amide bonds. The zero-order valence-electron chi connectivity index (χ0n) is 18.0. The average Bonchev–Trinajstić information content (AvgIpc) is 3.25. The molecule has 0 saturated carbocycles. The van der Waals surface area contributed by atoms with Gasteiger partial charge < -0.3 is 10.2 Å². The lowest BCUT2D eigenvalue weighted by atomic mass is 10.1. The molecule has 158 valence electrons. The number of nitrogens with zero attached hydrogens (tertiary/aromatic N) is 1. The SMILES string of the molecule is c1ccc(Nc2ccc3c(c2)sc2cccc(N(c4ccccc4)c4ccccc4)c23)cc1. The summed E-state index contributed by atoms with van der Waals surface area (Å²) in [5.74, 6) is 0. The van der Waals surface area contributed by atoms with Gasteiger partial charge in [0.1, 0.15) is 0 Å². The number of nitrogens with one attached hydrogen (secondary N) is 1. The van der Waals surface area contributed by atoms with Gasteiger partial charge in [-0.25, -0.2) is 0 Å². The fourth-order valence-electron chi connectivity index (χ4n) is 4.34. The van der Waals surface area contributed by atoms with Crippen LogP contribution in [-0.4, -0.2) is 0 Å². The second-order valence-corrected chi connectivity index (χ2v) is 9.04. The smallest absolute Gasteiger partial charge is 0.0554 e. The molecule has 1 heterocycles. The third-order valence-corrected chi connectivity index (χ3v) is 6.93. The summed E-state index contributed by atoms with van der Waals surface area (Å²) in [4.78, 5) is 2.35. The second kappa shape index (κ2) is 8.45. The van der Waals surface area contributed by atoms with Gasteiger partial charge in [0.05, 0.1) is 5.69 Å². The van der Waals surface area contributed by atoms with E-state index >= 15 is 0 Å². The number of fused-ring (bicyclic) bond motifs is 3. The average molecular weight is 443 g/mol. The maximum absolute atomic E-state index is 3.53. The highest BCUT2D eigenvalue weighted by Crippen LogP contribution is 2.45. The Morgan fingerprint density at radius 2 is 1.15 bits per heavy atom. The fraction of sp³-hybridized carbons (Fsp3) is 0. The maximum Gasteiger partial charge on any atom is 0.0554 e. The van der Waals surface area contributed by atoms with E-state index in [-0.39, 0.29) is 0 Å². The molecule has 6 aromatic rings. The summed E-state index contributed by atoms with van der Waals surface area (Å²) in [6, 6.07) is 44.8. The van der Waals surface area contributed by atoms with E-state index in [0.29, 0.717) is 0 Å². The Kier molecular flexibility index (Phi) is 5.02. The number of benzene rings is 5. The largest absolute Gasteiger partial charge is 0.355 e. The normalized spacial score (nSPS) is 11.0. The van der Waals surface area contributed by atoms with Crippen molar-refractivity contribution in [2.24, 2.45) is 0 Å². The summed E-state index contributed by atoms with van der Waals surface area (Å²) in [5.41, 5.74) is 5.69. The Bertz CT molecular complexity index is 1480. The minimum absolute atomic E-state index is 1.10. The molecule has 1 aromatic heterocycles. The van der Waals surface area contributed by atoms with Gasteiger partial charge in [-0.15, -0.1) is 11.3 Å². The molecule has 0 aliphatic carbocycles. The lowest BCUT2D eigenvalue weighted by molar-refractivity contribution is 1.30. The van der Waals surface area contributed by atoms with Crippen LogP contribution in [0.5, 0.6) is 0 Å². The van der Waals surface area contributed by atoms with Crippen LogP contribution in [0.25, 0.3) is 20.2 Å². The summed E-state index contributed by atoms with van der Waals surface area (Å²) in [6.07, 6.45) is 0. The van der Waals surface area contributed by atoms with Crippen LogP contribution < -0.4 is 10.2 Å². The molecule has 0 atom stereocenters. The van der Waals surface area contributed by atoms with Crippen molar-refractivity contribution in [1.29, 1.82) is 0 Å². The van der Waals surface area contributed by atoms with E-state index in [1.54, 1.807) is 0 Å². The van der Waals surface area contributed by atoms with Gasteiger partial charge in [-0.1, -0.05) is 66.7 Å². The number of para-hydroxylation sites is 3. The number of rotatable bonds is 5. The molecule has 0 aliphatic rings. The Morgan fingerprint density at radius 3 is 1.82 bits per heavy atom. The highest BCUT2D eigenvalue weighted by atomic mass is 32.1. The zero-order chi connectivity index (χ0) is 22.0. The quantitative estimate of drug-likeness (QED) is 0.286. The Labute approximate surface area is 197 Å². The minimum atomic E-state index is 1.10. The van der Waals surface area contributed by atoms with Gasteiger partial charge in [0.2, 0.25) is 0 Å². The molecule has 0 saturated heterocycles. The summed E-state index contributed by atoms with van der Waals surface area (Å²) in [7, 11) is 0. The molecule has 0 radical (unpaired) electrons. The maximum atomic E-state index is 3.53. The van der Waals surface area contributed by atoms with Crippen LogP contribution in [0.15, 0.2) is 127 Å². The van der Waals surface area contributed by atoms with Crippen molar-refractivity contribution in [3.8, 4) is 0 Å². The third kappa shape index (κ3) is 3.73. The van der Waals surface area contributed by atoms with Crippen LogP contribution in [0.4, 0.5) is 28.4 Å². The van der Waals surface area contributed by atoms with E-state index in [9.17, 15) is 0 Å². The van der Waals surface area contributed by atoms with E-state index in [4.69, 9.17) is 0 Å². The van der Waals surface area contributed by atoms with E-state index in [2.05, 4.69) is 119 Å².